The third kappa shape index (κ3) is 181. The van der Waals surface area contributed by atoms with Gasteiger partial charge in [-0.2, -0.15) is 0 Å². The third-order valence-corrected chi connectivity index (χ3v) is 0. The summed E-state index contributed by atoms with van der Waals surface area (Å²) < 4.78 is 0. The van der Waals surface area contributed by atoms with Gasteiger partial charge in [0.15, 0.2) is 0 Å². The number of hydrogen-bond donors (Lipinski definition) is 0. The van der Waals surface area contributed by atoms with Crippen molar-refractivity contribution in [2.45, 2.75) is 0 Å². The monoisotopic (exact) mass is 650 g/mol. The van der Waals surface area contributed by atoms with Gasteiger partial charge in [-0.3, -0.25) is 0 Å². The van der Waals surface area contributed by atoms with E-state index in [4.69, 9.17) is 57.5 Å². The van der Waals surface area contributed by atoms with Crippen molar-refractivity contribution >= 4 is 57.5 Å². The zero-order valence-corrected chi connectivity index (χ0v) is 13.8. The molecule has 0 fully saturated rings. The number of hydrogen-bond acceptors (Lipinski definition) is 0. The second-order valence-corrected chi connectivity index (χ2v) is 21.0. The van der Waals surface area contributed by atoms with Gasteiger partial charge in [0.25, 0.3) is 0 Å². The second-order valence-electron chi connectivity index (χ2n) is 0.286. The molecule has 11 heteroatoms. The van der Waals surface area contributed by atoms with Crippen LogP contribution in [0.1, 0.15) is 0 Å². The molecule has 3 nitrogen and oxygen atoms in total. The topological polar surface area (TPSA) is 94.5 Å². The maximum absolute atomic E-state index is 4.97. The van der Waals surface area contributed by atoms with Gasteiger partial charge in [0.2, 0.25) is 0 Å². The second kappa shape index (κ2) is 23.1. The Morgan fingerprint density at radius 2 is 0.455 bits per heavy atom. The molecule has 0 radical (unpaired) electrons. The predicted octanol–water partition coefficient (Wildman–Crippen LogP) is 1.66. The molecule has 0 unspecified atom stereocenters. The Bertz CT molecular complexity index is 31.3. The van der Waals surface area contributed by atoms with E-state index in [1.807, 2.05) is 0 Å². The van der Waals surface area contributed by atoms with Crippen molar-refractivity contribution in [2.75, 3.05) is 0 Å². The summed E-state index contributed by atoms with van der Waals surface area (Å²) in [6, 6.07) is 0. The summed E-state index contributed by atoms with van der Waals surface area (Å²) in [4.78, 5) is 0. The van der Waals surface area contributed by atoms with Gasteiger partial charge in [0.1, 0.15) is 0 Å². The molecule has 0 rings (SSSR count). The van der Waals surface area contributed by atoms with Gasteiger partial charge in [-0.15, -0.1) is 0 Å². The maximum atomic E-state index is 4.97. The summed E-state index contributed by atoms with van der Waals surface area (Å²) in [5, 5.41) is 0. The molecule has 0 saturated heterocycles. The van der Waals surface area contributed by atoms with Crippen LogP contribution < -0.4 is 0 Å². The first-order chi connectivity index (χ1) is 3.46. The fourth-order valence-electron chi connectivity index (χ4n) is 0. The Morgan fingerprint density at radius 1 is 0.455 bits per heavy atom. The van der Waals surface area contributed by atoms with E-state index in [1.165, 1.54) is 0 Å². The SMILES string of the molecule is O.O.O.[Cl][Ir]([Cl])[Cl].[Cl][Ir]([Cl])[Cl]. The van der Waals surface area contributed by atoms with Gasteiger partial charge in [-0.1, -0.05) is 0 Å². The first-order valence-electron chi connectivity index (χ1n) is 0.756. The van der Waals surface area contributed by atoms with Gasteiger partial charge in [0, 0.05) is 0 Å². The quantitative estimate of drug-likeness (QED) is 0.382. The zero-order chi connectivity index (χ0) is 7.15. The van der Waals surface area contributed by atoms with E-state index in [9.17, 15) is 0 Å². The molecule has 0 bridgehead atoms. The van der Waals surface area contributed by atoms with Crippen LogP contribution in [0.25, 0.3) is 0 Å². The molecular formula is H6Cl6Ir2O3. The molecule has 0 heterocycles. The van der Waals surface area contributed by atoms with Crippen molar-refractivity contribution in [3.63, 3.8) is 0 Å². The van der Waals surface area contributed by atoms with Crippen LogP contribution in [0, 0.1) is 0 Å². The average molecular weight is 651 g/mol. The minimum atomic E-state index is -1.92. The molecule has 0 aromatic carbocycles. The van der Waals surface area contributed by atoms with Crippen LogP contribution in [0.2, 0.25) is 0 Å². The van der Waals surface area contributed by atoms with E-state index in [0.717, 1.165) is 0 Å². The van der Waals surface area contributed by atoms with E-state index < -0.39 is 26.9 Å². The Hall–Kier alpha value is 2.92. The Kier molecular flexibility index (Phi) is 61.3. The summed E-state index contributed by atoms with van der Waals surface area (Å²) in [5.74, 6) is 0. The predicted molar refractivity (Wildman–Crippen MR) is 46.0 cm³/mol. The molecule has 6 N–H and O–H groups in total. The van der Waals surface area contributed by atoms with Crippen LogP contribution in [-0.2, 0) is 26.9 Å². The van der Waals surface area contributed by atoms with Gasteiger partial charge in [-0.25, -0.2) is 0 Å². The molecule has 84 valence electrons. The van der Waals surface area contributed by atoms with Gasteiger partial charge in [0.05, 0.1) is 0 Å². The summed E-state index contributed by atoms with van der Waals surface area (Å²) in [6.07, 6.45) is 0. The van der Waals surface area contributed by atoms with Crippen LogP contribution in [0.5, 0.6) is 0 Å². The molecular weight excluding hydrogens is 645 g/mol. The fraction of sp³-hybridized carbons (Fsp3) is 0. The van der Waals surface area contributed by atoms with E-state index in [-0.39, 0.29) is 16.4 Å². The van der Waals surface area contributed by atoms with Crippen molar-refractivity contribution in [2.24, 2.45) is 0 Å². The summed E-state index contributed by atoms with van der Waals surface area (Å²) in [5.41, 5.74) is 0. The van der Waals surface area contributed by atoms with E-state index in [1.54, 1.807) is 0 Å². The standard InChI is InChI=1S/6ClH.2Ir.3H2O/h6*1H;;;3*1H2/q;;;;;;2*+3;;;/p-6. The summed E-state index contributed by atoms with van der Waals surface area (Å²) in [6.45, 7) is 0. The van der Waals surface area contributed by atoms with Gasteiger partial charge < -0.3 is 16.4 Å². The molecule has 0 amide bonds. The number of halogens is 6. The first kappa shape index (κ1) is 29.2. The fourth-order valence-corrected chi connectivity index (χ4v) is 0. The normalized spacial score (nSPS) is 8.18. The zero-order valence-electron chi connectivity index (χ0n) is 4.43. The molecule has 0 aromatic rings. The third-order valence-electron chi connectivity index (χ3n) is 0. The van der Waals surface area contributed by atoms with E-state index in [0.29, 0.717) is 0 Å². The van der Waals surface area contributed by atoms with Crippen LogP contribution >= 0.6 is 57.5 Å². The Labute approximate surface area is 99.4 Å². The van der Waals surface area contributed by atoms with Crippen LogP contribution in [0.15, 0.2) is 0 Å². The van der Waals surface area contributed by atoms with Crippen LogP contribution in [-0.4, -0.2) is 16.4 Å². The molecule has 0 saturated carbocycles. The minimum absolute atomic E-state index is 0. The van der Waals surface area contributed by atoms with Crippen molar-refractivity contribution in [3.05, 3.63) is 0 Å². The Morgan fingerprint density at radius 3 is 0.455 bits per heavy atom. The van der Waals surface area contributed by atoms with Crippen molar-refractivity contribution in [3.8, 4) is 0 Å². The van der Waals surface area contributed by atoms with Gasteiger partial charge in [-0.05, 0) is 0 Å². The van der Waals surface area contributed by atoms with Crippen LogP contribution in [0.4, 0.5) is 0 Å². The molecule has 11 heavy (non-hydrogen) atoms. The van der Waals surface area contributed by atoms with Gasteiger partial charge >= 0.3 is 84.4 Å². The van der Waals surface area contributed by atoms with E-state index >= 15 is 0 Å². The first-order valence-corrected chi connectivity index (χ1v) is 18.6. The van der Waals surface area contributed by atoms with Crippen LogP contribution in [0.3, 0.4) is 0 Å². The molecule has 0 atom stereocenters. The molecule has 0 aliphatic heterocycles. The summed E-state index contributed by atoms with van der Waals surface area (Å²) in [7, 11) is 29.8. The number of rotatable bonds is 0. The Balaban J connectivity index is -0.0000000171. The average Bonchev–Trinajstić information content (AvgIpc) is 1.25. The molecule has 0 aliphatic rings. The molecule has 0 aromatic heterocycles. The van der Waals surface area contributed by atoms with Crippen molar-refractivity contribution < 1.29 is 43.3 Å². The van der Waals surface area contributed by atoms with Crippen molar-refractivity contribution in [1.82, 2.24) is 0 Å². The molecule has 0 spiro atoms. The summed E-state index contributed by atoms with van der Waals surface area (Å²) >= 11 is -3.83. The molecule has 0 aliphatic carbocycles. The van der Waals surface area contributed by atoms with E-state index in [2.05, 4.69) is 0 Å². The van der Waals surface area contributed by atoms with Crippen molar-refractivity contribution in [1.29, 1.82) is 0 Å².